The molecule has 0 unspecified atom stereocenters. The van der Waals surface area contributed by atoms with E-state index in [9.17, 15) is 18.0 Å². The maximum absolute atomic E-state index is 13.9. The van der Waals surface area contributed by atoms with E-state index in [0.717, 1.165) is 4.31 Å². The van der Waals surface area contributed by atoms with Crippen molar-refractivity contribution in [2.45, 2.75) is 44.3 Å². The maximum atomic E-state index is 13.9. The molecule has 208 valence electrons. The Morgan fingerprint density at radius 2 is 1.56 bits per heavy atom. The highest BCUT2D eigenvalue weighted by Crippen LogP contribution is 2.32. The lowest BCUT2D eigenvalue weighted by atomic mass is 10.1. The number of methoxy groups -OCH3 is 1. The van der Waals surface area contributed by atoms with Gasteiger partial charge < -0.3 is 15.0 Å². The van der Waals surface area contributed by atoms with Gasteiger partial charge in [0.25, 0.3) is 10.0 Å². The summed E-state index contributed by atoms with van der Waals surface area (Å²) in [5, 5.41) is 3.45. The van der Waals surface area contributed by atoms with Gasteiger partial charge in [-0.2, -0.15) is 0 Å². The molecule has 0 fully saturated rings. The van der Waals surface area contributed by atoms with Crippen LogP contribution in [-0.4, -0.2) is 50.9 Å². The number of carbonyl (C=O) groups excluding carboxylic acids is 2. The van der Waals surface area contributed by atoms with E-state index in [4.69, 9.17) is 27.9 Å². The molecule has 0 aliphatic carbocycles. The summed E-state index contributed by atoms with van der Waals surface area (Å²) in [6, 6.07) is 18.2. The average Bonchev–Trinajstić information content (AvgIpc) is 2.91. The number of sulfonamides is 1. The van der Waals surface area contributed by atoms with E-state index in [1.54, 1.807) is 67.6 Å². The standard InChI is InChI=1S/C28H31Cl2N3O5S/c1-19(2)31-28(35)20(3)32(17-21-14-15-23(29)24(30)16-21)27(34)18-33(25-12-8-9-13-26(25)38-4)39(36,37)22-10-6-5-7-11-22/h5-16,19-20H,17-18H2,1-4H3,(H,31,35)/t20-/m1/s1. The van der Waals surface area contributed by atoms with Crippen LogP contribution in [0.3, 0.4) is 0 Å². The zero-order valence-corrected chi connectivity index (χ0v) is 24.4. The summed E-state index contributed by atoms with van der Waals surface area (Å²) in [5.74, 6) is -0.711. The molecule has 2 amide bonds. The summed E-state index contributed by atoms with van der Waals surface area (Å²) in [6.07, 6.45) is 0. The zero-order chi connectivity index (χ0) is 28.7. The Kier molecular flexibility index (Phi) is 10.2. The molecule has 1 N–H and O–H groups in total. The number of carbonyl (C=O) groups is 2. The molecule has 0 heterocycles. The van der Waals surface area contributed by atoms with Gasteiger partial charge in [-0.05, 0) is 62.7 Å². The molecule has 0 saturated carbocycles. The van der Waals surface area contributed by atoms with Crippen LogP contribution in [-0.2, 0) is 26.2 Å². The summed E-state index contributed by atoms with van der Waals surface area (Å²) in [4.78, 5) is 28.2. The fourth-order valence-corrected chi connectivity index (χ4v) is 5.66. The van der Waals surface area contributed by atoms with Gasteiger partial charge in [-0.1, -0.05) is 59.6 Å². The smallest absolute Gasteiger partial charge is 0.264 e. The molecule has 3 aromatic carbocycles. The van der Waals surface area contributed by atoms with Crippen molar-refractivity contribution < 1.29 is 22.7 Å². The number of para-hydroxylation sites is 2. The molecule has 3 rings (SSSR count). The lowest BCUT2D eigenvalue weighted by molar-refractivity contribution is -0.139. The van der Waals surface area contributed by atoms with Crippen LogP contribution in [0, 0.1) is 0 Å². The van der Waals surface area contributed by atoms with E-state index in [0.29, 0.717) is 15.6 Å². The van der Waals surface area contributed by atoms with Crippen molar-refractivity contribution in [3.8, 4) is 5.75 Å². The molecular formula is C28H31Cl2N3O5S. The number of nitrogens with zero attached hydrogens (tertiary/aromatic N) is 2. The molecule has 0 aromatic heterocycles. The Bertz CT molecular complexity index is 1420. The highest BCUT2D eigenvalue weighted by atomic mass is 35.5. The summed E-state index contributed by atoms with van der Waals surface area (Å²) in [6.45, 7) is 4.62. The van der Waals surface area contributed by atoms with Crippen LogP contribution in [0.4, 0.5) is 5.69 Å². The Morgan fingerprint density at radius 3 is 2.18 bits per heavy atom. The van der Waals surface area contributed by atoms with Crippen LogP contribution in [0.15, 0.2) is 77.7 Å². The summed E-state index contributed by atoms with van der Waals surface area (Å²) >= 11 is 12.3. The number of nitrogens with one attached hydrogen (secondary N) is 1. The van der Waals surface area contributed by atoms with E-state index in [1.807, 2.05) is 13.8 Å². The van der Waals surface area contributed by atoms with Gasteiger partial charge in [0.1, 0.15) is 18.3 Å². The maximum Gasteiger partial charge on any atom is 0.264 e. The van der Waals surface area contributed by atoms with Gasteiger partial charge in [0.05, 0.1) is 27.7 Å². The highest BCUT2D eigenvalue weighted by Gasteiger charge is 2.33. The van der Waals surface area contributed by atoms with Gasteiger partial charge in [-0.15, -0.1) is 0 Å². The van der Waals surface area contributed by atoms with Crippen molar-refractivity contribution in [2.75, 3.05) is 18.0 Å². The summed E-state index contributed by atoms with van der Waals surface area (Å²) in [7, 11) is -2.78. The van der Waals surface area contributed by atoms with E-state index < -0.39 is 28.5 Å². The molecule has 0 saturated heterocycles. The summed E-state index contributed by atoms with van der Waals surface area (Å²) in [5.41, 5.74) is 0.808. The van der Waals surface area contributed by atoms with E-state index in [1.165, 1.54) is 24.1 Å². The van der Waals surface area contributed by atoms with E-state index in [2.05, 4.69) is 5.32 Å². The number of benzene rings is 3. The predicted octanol–water partition coefficient (Wildman–Crippen LogP) is 5.14. The fraction of sp³-hybridized carbons (Fsp3) is 0.286. The van der Waals surface area contributed by atoms with Gasteiger partial charge in [0.2, 0.25) is 11.8 Å². The molecule has 0 aliphatic heterocycles. The molecule has 0 bridgehead atoms. The first-order valence-corrected chi connectivity index (χ1v) is 14.4. The number of anilines is 1. The van der Waals surface area contributed by atoms with Crippen LogP contribution in [0.25, 0.3) is 0 Å². The van der Waals surface area contributed by atoms with Crippen molar-refractivity contribution in [1.29, 1.82) is 0 Å². The number of halogens is 2. The molecule has 1 atom stereocenters. The molecule has 3 aromatic rings. The first kappa shape index (κ1) is 30.3. The van der Waals surface area contributed by atoms with Gasteiger partial charge in [-0.25, -0.2) is 8.42 Å². The summed E-state index contributed by atoms with van der Waals surface area (Å²) < 4.78 is 34.1. The second-order valence-corrected chi connectivity index (χ2v) is 11.8. The Labute approximate surface area is 239 Å². The highest BCUT2D eigenvalue weighted by molar-refractivity contribution is 7.92. The van der Waals surface area contributed by atoms with Crippen molar-refractivity contribution in [3.05, 3.63) is 88.4 Å². The third-order valence-corrected chi connectivity index (χ3v) is 8.41. The van der Waals surface area contributed by atoms with Crippen molar-refractivity contribution >= 4 is 50.7 Å². The molecule has 0 spiro atoms. The van der Waals surface area contributed by atoms with E-state index >= 15 is 0 Å². The molecular weight excluding hydrogens is 561 g/mol. The Morgan fingerprint density at radius 1 is 0.923 bits per heavy atom. The quantitative estimate of drug-likeness (QED) is 0.333. The van der Waals surface area contributed by atoms with Gasteiger partial charge in [-0.3, -0.25) is 13.9 Å². The van der Waals surface area contributed by atoms with Crippen LogP contribution < -0.4 is 14.4 Å². The number of rotatable bonds is 11. The third kappa shape index (κ3) is 7.44. The van der Waals surface area contributed by atoms with Gasteiger partial charge >= 0.3 is 0 Å². The normalized spacial score (nSPS) is 12.1. The molecule has 0 aliphatic rings. The van der Waals surface area contributed by atoms with Gasteiger partial charge in [0, 0.05) is 12.6 Å². The lowest BCUT2D eigenvalue weighted by Crippen LogP contribution is -2.52. The molecule has 0 radical (unpaired) electrons. The zero-order valence-electron chi connectivity index (χ0n) is 22.1. The Balaban J connectivity index is 2.07. The predicted molar refractivity (Wildman–Crippen MR) is 154 cm³/mol. The fourth-order valence-electron chi connectivity index (χ4n) is 3.89. The topological polar surface area (TPSA) is 96.0 Å². The lowest BCUT2D eigenvalue weighted by Gasteiger charge is -2.32. The first-order chi connectivity index (χ1) is 18.4. The van der Waals surface area contributed by atoms with Crippen LogP contribution in [0.1, 0.15) is 26.3 Å². The second kappa shape index (κ2) is 13.2. The Hall–Kier alpha value is -3.27. The molecule has 11 heteroatoms. The van der Waals surface area contributed by atoms with Gasteiger partial charge in [0.15, 0.2) is 0 Å². The molecule has 8 nitrogen and oxygen atoms in total. The minimum Gasteiger partial charge on any atom is -0.495 e. The number of amides is 2. The van der Waals surface area contributed by atoms with E-state index in [-0.39, 0.29) is 34.8 Å². The van der Waals surface area contributed by atoms with Crippen molar-refractivity contribution in [3.63, 3.8) is 0 Å². The second-order valence-electron chi connectivity index (χ2n) is 9.11. The van der Waals surface area contributed by atoms with Crippen LogP contribution in [0.2, 0.25) is 10.0 Å². The van der Waals surface area contributed by atoms with Crippen molar-refractivity contribution in [2.24, 2.45) is 0 Å². The number of hydrogen-bond donors (Lipinski definition) is 1. The molecule has 39 heavy (non-hydrogen) atoms. The minimum atomic E-state index is -4.20. The van der Waals surface area contributed by atoms with Crippen LogP contribution >= 0.6 is 23.2 Å². The van der Waals surface area contributed by atoms with Crippen molar-refractivity contribution in [1.82, 2.24) is 10.2 Å². The number of ether oxygens (including phenoxy) is 1. The number of hydrogen-bond acceptors (Lipinski definition) is 5. The SMILES string of the molecule is COc1ccccc1N(CC(=O)N(Cc1ccc(Cl)c(Cl)c1)[C@H](C)C(=O)NC(C)C)S(=O)(=O)c1ccccc1. The largest absolute Gasteiger partial charge is 0.495 e. The van der Waals surface area contributed by atoms with Crippen LogP contribution in [0.5, 0.6) is 5.75 Å². The first-order valence-electron chi connectivity index (χ1n) is 12.2. The average molecular weight is 593 g/mol. The monoisotopic (exact) mass is 591 g/mol. The minimum absolute atomic E-state index is 0.00494. The third-order valence-electron chi connectivity index (χ3n) is 5.90.